The van der Waals surface area contributed by atoms with Crippen molar-refractivity contribution in [3.8, 4) is 0 Å². The highest BCUT2D eigenvalue weighted by Crippen LogP contribution is 2.23. The van der Waals surface area contributed by atoms with Crippen LogP contribution in [0.25, 0.3) is 0 Å². The molecule has 1 rings (SSSR count). The molecule has 0 spiro atoms. The Morgan fingerprint density at radius 2 is 1.89 bits per heavy atom. The number of nitrogens with zero attached hydrogens (tertiary/aromatic N) is 1. The predicted molar refractivity (Wildman–Crippen MR) is 81.2 cm³/mol. The van der Waals surface area contributed by atoms with Crippen LogP contribution in [0.2, 0.25) is 0 Å². The first-order valence-electron chi connectivity index (χ1n) is 6.97. The van der Waals surface area contributed by atoms with E-state index in [-0.39, 0.29) is 5.41 Å². The highest BCUT2D eigenvalue weighted by atomic mass is 32.1. The second-order valence-electron chi connectivity index (χ2n) is 6.63. The van der Waals surface area contributed by atoms with Crippen molar-refractivity contribution >= 4 is 11.3 Å². The first-order chi connectivity index (χ1) is 8.29. The van der Waals surface area contributed by atoms with Gasteiger partial charge in [0.15, 0.2) is 0 Å². The molecule has 2 nitrogen and oxygen atoms in total. The topological polar surface area (TPSA) is 24.9 Å². The number of nitrogens with one attached hydrogen (secondary N) is 1. The molecule has 1 N–H and O–H groups in total. The molecule has 1 aromatic heterocycles. The van der Waals surface area contributed by atoms with E-state index in [0.29, 0.717) is 6.04 Å². The highest BCUT2D eigenvalue weighted by Gasteiger charge is 2.17. The minimum atomic E-state index is 0.165. The molecule has 0 aromatic carbocycles. The van der Waals surface area contributed by atoms with Gasteiger partial charge < -0.3 is 5.32 Å². The minimum absolute atomic E-state index is 0.165. The van der Waals surface area contributed by atoms with Crippen molar-refractivity contribution in [2.75, 3.05) is 0 Å². The van der Waals surface area contributed by atoms with E-state index in [9.17, 15) is 0 Å². The molecule has 0 saturated carbocycles. The fourth-order valence-corrected chi connectivity index (χ4v) is 2.66. The lowest BCUT2D eigenvalue weighted by atomic mass is 9.93. The van der Waals surface area contributed by atoms with E-state index >= 15 is 0 Å². The maximum absolute atomic E-state index is 4.70. The highest BCUT2D eigenvalue weighted by molar-refractivity contribution is 7.09. The summed E-state index contributed by atoms with van der Waals surface area (Å²) in [5, 5.41) is 6.96. The molecule has 0 fully saturated rings. The molecule has 1 aromatic rings. The third-order valence-electron chi connectivity index (χ3n) is 3.10. The zero-order valence-electron chi connectivity index (χ0n) is 12.7. The van der Waals surface area contributed by atoms with Gasteiger partial charge in [0.1, 0.15) is 5.01 Å². The summed E-state index contributed by atoms with van der Waals surface area (Å²) in [6, 6.07) is 0.578. The second kappa shape index (κ2) is 6.67. The van der Waals surface area contributed by atoms with Crippen LogP contribution in [0, 0.1) is 5.92 Å². The SMILES string of the molecule is CC(C)CCC(C)NCc1nc(C(C)(C)C)cs1. The predicted octanol–water partition coefficient (Wildman–Crippen LogP) is 4.35. The Balaban J connectivity index is 2.37. The van der Waals surface area contributed by atoms with E-state index in [1.54, 1.807) is 11.3 Å². The molecule has 0 saturated heterocycles. The summed E-state index contributed by atoms with van der Waals surface area (Å²) in [5.41, 5.74) is 1.37. The summed E-state index contributed by atoms with van der Waals surface area (Å²) < 4.78 is 0. The van der Waals surface area contributed by atoms with Gasteiger partial charge in [-0.25, -0.2) is 4.98 Å². The quantitative estimate of drug-likeness (QED) is 0.829. The molecule has 1 heterocycles. The van der Waals surface area contributed by atoms with E-state index < -0.39 is 0 Å². The molecular formula is C15H28N2S. The van der Waals surface area contributed by atoms with Crippen LogP contribution in [-0.2, 0) is 12.0 Å². The Morgan fingerprint density at radius 3 is 2.39 bits per heavy atom. The number of hydrogen-bond acceptors (Lipinski definition) is 3. The van der Waals surface area contributed by atoms with Crippen molar-refractivity contribution < 1.29 is 0 Å². The van der Waals surface area contributed by atoms with E-state index in [2.05, 4.69) is 52.2 Å². The van der Waals surface area contributed by atoms with Crippen molar-refractivity contribution in [2.24, 2.45) is 5.92 Å². The lowest BCUT2D eigenvalue weighted by molar-refractivity contribution is 0.449. The maximum Gasteiger partial charge on any atom is 0.107 e. The summed E-state index contributed by atoms with van der Waals surface area (Å²) in [4.78, 5) is 4.70. The van der Waals surface area contributed by atoms with Gasteiger partial charge >= 0.3 is 0 Å². The van der Waals surface area contributed by atoms with Crippen molar-refractivity contribution in [1.82, 2.24) is 10.3 Å². The molecule has 1 unspecified atom stereocenters. The van der Waals surface area contributed by atoms with Gasteiger partial charge in [-0.3, -0.25) is 0 Å². The van der Waals surface area contributed by atoms with Gasteiger partial charge in [0.05, 0.1) is 5.69 Å². The average molecular weight is 268 g/mol. The number of rotatable bonds is 6. The fraction of sp³-hybridized carbons (Fsp3) is 0.800. The lowest BCUT2D eigenvalue weighted by Gasteiger charge is -2.15. The van der Waals surface area contributed by atoms with Crippen LogP contribution in [0.3, 0.4) is 0 Å². The average Bonchev–Trinajstić information content (AvgIpc) is 2.71. The Labute approximate surface area is 116 Å². The molecule has 0 amide bonds. The van der Waals surface area contributed by atoms with Gasteiger partial charge in [0.2, 0.25) is 0 Å². The Kier molecular flexibility index (Phi) is 5.80. The maximum atomic E-state index is 4.70. The molecule has 1 atom stereocenters. The largest absolute Gasteiger partial charge is 0.308 e. The zero-order valence-corrected chi connectivity index (χ0v) is 13.5. The van der Waals surface area contributed by atoms with Crippen molar-refractivity contribution in [2.45, 2.75) is 72.4 Å². The van der Waals surface area contributed by atoms with Gasteiger partial charge in [0.25, 0.3) is 0 Å². The number of thiazole rings is 1. The summed E-state index contributed by atoms with van der Waals surface area (Å²) in [6.45, 7) is 14.4. The van der Waals surface area contributed by atoms with Crippen LogP contribution in [-0.4, -0.2) is 11.0 Å². The molecule has 0 bridgehead atoms. The first-order valence-corrected chi connectivity index (χ1v) is 7.85. The third kappa shape index (κ3) is 5.49. The van der Waals surface area contributed by atoms with Crippen LogP contribution >= 0.6 is 11.3 Å². The zero-order chi connectivity index (χ0) is 13.8. The molecule has 0 aliphatic rings. The summed E-state index contributed by atoms with van der Waals surface area (Å²) in [6.07, 6.45) is 2.54. The van der Waals surface area contributed by atoms with E-state index in [1.807, 2.05) is 0 Å². The number of aromatic nitrogens is 1. The normalized spacial score (nSPS) is 14.2. The van der Waals surface area contributed by atoms with Crippen LogP contribution in [0.4, 0.5) is 0 Å². The van der Waals surface area contributed by atoms with Crippen LogP contribution in [0.5, 0.6) is 0 Å². The van der Waals surface area contributed by atoms with E-state index in [1.165, 1.54) is 23.5 Å². The number of hydrogen-bond donors (Lipinski definition) is 1. The van der Waals surface area contributed by atoms with E-state index in [4.69, 9.17) is 4.98 Å². The van der Waals surface area contributed by atoms with Crippen molar-refractivity contribution in [3.63, 3.8) is 0 Å². The van der Waals surface area contributed by atoms with E-state index in [0.717, 1.165) is 12.5 Å². The molecule has 3 heteroatoms. The Hall–Kier alpha value is -0.410. The molecular weight excluding hydrogens is 240 g/mol. The fourth-order valence-electron chi connectivity index (χ4n) is 1.68. The smallest absolute Gasteiger partial charge is 0.107 e. The monoisotopic (exact) mass is 268 g/mol. The van der Waals surface area contributed by atoms with Gasteiger partial charge in [-0.15, -0.1) is 11.3 Å². The summed E-state index contributed by atoms with van der Waals surface area (Å²) >= 11 is 1.77. The minimum Gasteiger partial charge on any atom is -0.308 e. The van der Waals surface area contributed by atoms with Crippen molar-refractivity contribution in [3.05, 3.63) is 16.1 Å². The van der Waals surface area contributed by atoms with Crippen molar-refractivity contribution in [1.29, 1.82) is 0 Å². The molecule has 0 aliphatic carbocycles. The van der Waals surface area contributed by atoms with Gasteiger partial charge in [0, 0.05) is 23.4 Å². The second-order valence-corrected chi connectivity index (χ2v) is 7.57. The summed E-state index contributed by atoms with van der Waals surface area (Å²) in [5.74, 6) is 0.793. The van der Waals surface area contributed by atoms with Gasteiger partial charge in [-0.2, -0.15) is 0 Å². The standard InChI is InChI=1S/C15H28N2S/c1-11(2)7-8-12(3)16-9-14-17-13(10-18-14)15(4,5)6/h10-12,16H,7-9H2,1-6H3. The summed E-state index contributed by atoms with van der Waals surface area (Å²) in [7, 11) is 0. The molecule has 18 heavy (non-hydrogen) atoms. The van der Waals surface area contributed by atoms with Gasteiger partial charge in [-0.05, 0) is 25.7 Å². The van der Waals surface area contributed by atoms with Crippen LogP contribution in [0.1, 0.15) is 65.1 Å². The molecule has 0 aliphatic heterocycles. The third-order valence-corrected chi connectivity index (χ3v) is 3.95. The van der Waals surface area contributed by atoms with Crippen LogP contribution < -0.4 is 5.32 Å². The van der Waals surface area contributed by atoms with Crippen LogP contribution in [0.15, 0.2) is 5.38 Å². The Bertz CT molecular complexity index is 350. The first kappa shape index (κ1) is 15.6. The lowest BCUT2D eigenvalue weighted by Crippen LogP contribution is -2.25. The molecule has 0 radical (unpaired) electrons. The van der Waals surface area contributed by atoms with Gasteiger partial charge in [-0.1, -0.05) is 34.6 Å². The molecule has 104 valence electrons. The Morgan fingerprint density at radius 1 is 1.22 bits per heavy atom.